The predicted octanol–water partition coefficient (Wildman–Crippen LogP) is 1.42. The topological polar surface area (TPSA) is 40.1 Å². The Morgan fingerprint density at radius 3 is 2.52 bits per heavy atom. The van der Waals surface area contributed by atoms with Crippen LogP contribution in [0.25, 0.3) is 0 Å². The zero-order chi connectivity index (χ0) is 14.9. The van der Waals surface area contributed by atoms with Crippen molar-refractivity contribution >= 4 is 11.6 Å². The molecule has 116 valence electrons. The van der Waals surface area contributed by atoms with Gasteiger partial charge in [0.1, 0.15) is 0 Å². The first-order valence-corrected chi connectivity index (χ1v) is 7.59. The first-order chi connectivity index (χ1) is 10.3. The highest BCUT2D eigenvalue weighted by molar-refractivity contribution is 5.80. The van der Waals surface area contributed by atoms with Gasteiger partial charge in [-0.25, -0.2) is 0 Å². The molecular formula is C16H26N4O. The van der Waals surface area contributed by atoms with Crippen LogP contribution in [0.2, 0.25) is 0 Å². The summed E-state index contributed by atoms with van der Waals surface area (Å²) in [5.41, 5.74) is 1.31. The highest BCUT2D eigenvalue weighted by Crippen LogP contribution is 2.15. The number of benzene rings is 1. The molecule has 0 amide bonds. The summed E-state index contributed by atoms with van der Waals surface area (Å²) in [6.07, 6.45) is 1.000. The van der Waals surface area contributed by atoms with Gasteiger partial charge in [-0.3, -0.25) is 4.99 Å². The number of hydrogen-bond acceptors (Lipinski definition) is 3. The smallest absolute Gasteiger partial charge is 0.193 e. The largest absolute Gasteiger partial charge is 0.385 e. The van der Waals surface area contributed by atoms with Crippen LogP contribution in [0.3, 0.4) is 0 Å². The lowest BCUT2D eigenvalue weighted by Crippen LogP contribution is -2.52. The second-order valence-electron chi connectivity index (χ2n) is 5.13. The van der Waals surface area contributed by atoms with E-state index in [1.54, 1.807) is 7.11 Å². The van der Waals surface area contributed by atoms with Gasteiger partial charge in [-0.1, -0.05) is 18.2 Å². The van der Waals surface area contributed by atoms with Crippen LogP contribution in [0.4, 0.5) is 5.69 Å². The Morgan fingerprint density at radius 2 is 1.90 bits per heavy atom. The summed E-state index contributed by atoms with van der Waals surface area (Å²) in [6, 6.07) is 10.6. The number of ether oxygens (including phenoxy) is 1. The van der Waals surface area contributed by atoms with E-state index >= 15 is 0 Å². The van der Waals surface area contributed by atoms with Gasteiger partial charge in [-0.05, 0) is 18.6 Å². The van der Waals surface area contributed by atoms with Crippen molar-refractivity contribution in [3.05, 3.63) is 30.3 Å². The monoisotopic (exact) mass is 290 g/mol. The van der Waals surface area contributed by atoms with Gasteiger partial charge < -0.3 is 19.9 Å². The van der Waals surface area contributed by atoms with Crippen molar-refractivity contribution < 1.29 is 4.74 Å². The molecule has 1 aromatic carbocycles. The number of methoxy groups -OCH3 is 1. The number of nitrogens with zero attached hydrogens (tertiary/aromatic N) is 3. The van der Waals surface area contributed by atoms with Crippen LogP contribution in [-0.4, -0.2) is 64.3 Å². The maximum absolute atomic E-state index is 5.07. The van der Waals surface area contributed by atoms with Gasteiger partial charge >= 0.3 is 0 Å². The highest BCUT2D eigenvalue weighted by Gasteiger charge is 2.19. The first kappa shape index (κ1) is 15.6. The molecule has 1 saturated heterocycles. The van der Waals surface area contributed by atoms with Crippen LogP contribution in [0.5, 0.6) is 0 Å². The third-order valence-corrected chi connectivity index (χ3v) is 3.72. The van der Waals surface area contributed by atoms with Gasteiger partial charge in [0.15, 0.2) is 5.96 Å². The van der Waals surface area contributed by atoms with E-state index in [0.717, 1.165) is 51.7 Å². The summed E-state index contributed by atoms with van der Waals surface area (Å²) in [4.78, 5) is 9.13. The van der Waals surface area contributed by atoms with Crippen molar-refractivity contribution in [1.82, 2.24) is 10.2 Å². The van der Waals surface area contributed by atoms with Crippen molar-refractivity contribution in [3.8, 4) is 0 Å². The summed E-state index contributed by atoms with van der Waals surface area (Å²) in [5, 5.41) is 3.41. The van der Waals surface area contributed by atoms with Crippen LogP contribution in [0.15, 0.2) is 35.3 Å². The lowest BCUT2D eigenvalue weighted by molar-refractivity contribution is 0.195. The third-order valence-electron chi connectivity index (χ3n) is 3.72. The molecule has 1 fully saturated rings. The van der Waals surface area contributed by atoms with E-state index in [4.69, 9.17) is 4.74 Å². The molecule has 0 bridgehead atoms. The minimum atomic E-state index is 0.784. The molecule has 1 aromatic rings. The van der Waals surface area contributed by atoms with E-state index < -0.39 is 0 Å². The molecule has 0 aliphatic carbocycles. The van der Waals surface area contributed by atoms with Crippen molar-refractivity contribution in [1.29, 1.82) is 0 Å². The zero-order valence-corrected chi connectivity index (χ0v) is 13.1. The van der Waals surface area contributed by atoms with E-state index in [-0.39, 0.29) is 0 Å². The normalized spacial score (nSPS) is 16.2. The number of rotatable bonds is 5. The fourth-order valence-electron chi connectivity index (χ4n) is 2.56. The first-order valence-electron chi connectivity index (χ1n) is 7.59. The molecule has 0 saturated carbocycles. The minimum Gasteiger partial charge on any atom is -0.385 e. The predicted molar refractivity (Wildman–Crippen MR) is 88.1 cm³/mol. The van der Waals surface area contributed by atoms with E-state index in [9.17, 15) is 0 Å². The molecule has 1 aliphatic heterocycles. The summed E-state index contributed by atoms with van der Waals surface area (Å²) in [6.45, 7) is 5.74. The fraction of sp³-hybridized carbons (Fsp3) is 0.562. The molecule has 0 atom stereocenters. The third kappa shape index (κ3) is 4.63. The lowest BCUT2D eigenvalue weighted by atomic mass is 10.2. The number of nitrogens with one attached hydrogen (secondary N) is 1. The molecule has 21 heavy (non-hydrogen) atoms. The highest BCUT2D eigenvalue weighted by atomic mass is 16.5. The Labute approximate surface area is 127 Å². The van der Waals surface area contributed by atoms with Crippen LogP contribution in [0, 0.1) is 0 Å². The number of anilines is 1. The molecule has 1 heterocycles. The quantitative estimate of drug-likeness (QED) is 0.506. The molecule has 5 heteroatoms. The average Bonchev–Trinajstić information content (AvgIpc) is 2.56. The summed E-state index contributed by atoms with van der Waals surface area (Å²) >= 11 is 0. The molecule has 0 spiro atoms. The van der Waals surface area contributed by atoms with Crippen molar-refractivity contribution in [2.45, 2.75) is 6.42 Å². The molecule has 0 radical (unpaired) electrons. The van der Waals surface area contributed by atoms with Gasteiger partial charge in [0.2, 0.25) is 0 Å². The van der Waals surface area contributed by atoms with Crippen LogP contribution in [-0.2, 0) is 4.74 Å². The maximum atomic E-state index is 5.07. The summed E-state index contributed by atoms with van der Waals surface area (Å²) in [5.74, 6) is 0.999. The number of para-hydroxylation sites is 1. The molecular weight excluding hydrogens is 264 g/mol. The fourth-order valence-corrected chi connectivity index (χ4v) is 2.56. The number of aliphatic imine (C=N–C) groups is 1. The Kier molecular flexibility index (Phi) is 6.34. The Morgan fingerprint density at radius 1 is 1.19 bits per heavy atom. The Hall–Kier alpha value is -1.75. The molecule has 5 nitrogen and oxygen atoms in total. The molecule has 0 unspecified atom stereocenters. The van der Waals surface area contributed by atoms with Gasteiger partial charge in [0, 0.05) is 59.2 Å². The standard InChI is InChI=1S/C16H26N4O/c1-17-16(18-9-6-14-21-2)20-12-10-19(11-13-20)15-7-4-3-5-8-15/h3-5,7-8H,6,9-14H2,1-2H3,(H,17,18). The zero-order valence-electron chi connectivity index (χ0n) is 13.1. The van der Waals surface area contributed by atoms with E-state index in [0.29, 0.717) is 0 Å². The Bertz CT molecular complexity index is 427. The van der Waals surface area contributed by atoms with Crippen LogP contribution >= 0.6 is 0 Å². The van der Waals surface area contributed by atoms with Crippen LogP contribution < -0.4 is 10.2 Å². The van der Waals surface area contributed by atoms with Gasteiger partial charge in [-0.2, -0.15) is 0 Å². The van der Waals surface area contributed by atoms with E-state index in [2.05, 4.69) is 50.4 Å². The van der Waals surface area contributed by atoms with Gasteiger partial charge in [-0.15, -0.1) is 0 Å². The summed E-state index contributed by atoms with van der Waals surface area (Å²) in [7, 11) is 3.58. The summed E-state index contributed by atoms with van der Waals surface area (Å²) < 4.78 is 5.07. The van der Waals surface area contributed by atoms with Crippen molar-refractivity contribution in [3.63, 3.8) is 0 Å². The van der Waals surface area contributed by atoms with Gasteiger partial charge in [0.25, 0.3) is 0 Å². The molecule has 2 rings (SSSR count). The molecule has 1 N–H and O–H groups in total. The van der Waals surface area contributed by atoms with Crippen molar-refractivity contribution in [2.75, 3.05) is 58.4 Å². The Balaban J connectivity index is 1.79. The van der Waals surface area contributed by atoms with E-state index in [1.165, 1.54) is 5.69 Å². The van der Waals surface area contributed by atoms with E-state index in [1.807, 2.05) is 7.05 Å². The minimum absolute atomic E-state index is 0.784. The maximum Gasteiger partial charge on any atom is 0.193 e. The lowest BCUT2D eigenvalue weighted by Gasteiger charge is -2.37. The van der Waals surface area contributed by atoms with Crippen LogP contribution in [0.1, 0.15) is 6.42 Å². The number of hydrogen-bond donors (Lipinski definition) is 1. The second-order valence-corrected chi connectivity index (χ2v) is 5.13. The van der Waals surface area contributed by atoms with Gasteiger partial charge in [0.05, 0.1) is 0 Å². The number of piperazine rings is 1. The molecule has 0 aromatic heterocycles. The van der Waals surface area contributed by atoms with Crippen molar-refractivity contribution in [2.24, 2.45) is 4.99 Å². The molecule has 1 aliphatic rings. The number of guanidine groups is 1. The second kappa shape index (κ2) is 8.52. The SMILES string of the molecule is CN=C(NCCCOC)N1CCN(c2ccccc2)CC1. The average molecular weight is 290 g/mol.